The Morgan fingerprint density at radius 1 is 1.21 bits per heavy atom. The predicted molar refractivity (Wildman–Crippen MR) is 103 cm³/mol. The minimum Gasteiger partial charge on any atom is -0.332 e. The first-order valence-corrected chi connectivity index (χ1v) is 8.91. The molecule has 29 heavy (non-hydrogen) atoms. The molecule has 0 spiro atoms. The first-order chi connectivity index (χ1) is 13.6. The van der Waals surface area contributed by atoms with Gasteiger partial charge in [0.25, 0.3) is 0 Å². The van der Waals surface area contributed by atoms with Crippen molar-refractivity contribution in [1.29, 1.82) is 0 Å². The average Bonchev–Trinajstić information content (AvgIpc) is 3.07. The number of carbonyl (C=O) groups is 1. The molecule has 6 nitrogen and oxygen atoms in total. The second-order valence-electron chi connectivity index (χ2n) is 6.36. The lowest BCUT2D eigenvalue weighted by atomic mass is 10.2. The van der Waals surface area contributed by atoms with Gasteiger partial charge >= 0.3 is 12.2 Å². The Labute approximate surface area is 169 Å². The zero-order chi connectivity index (χ0) is 21.2. The molecule has 2 heterocycles. The molecule has 10 heteroatoms. The SMILES string of the molecule is Cc1cc(C)c(NC(=O)NCc2cc(C(F)(F)F)nn2-c2cccc(Cl)c2)cn1. The number of hydrogen-bond donors (Lipinski definition) is 2. The molecule has 0 saturated heterocycles. The maximum absolute atomic E-state index is 13.1. The minimum atomic E-state index is -4.62. The summed E-state index contributed by atoms with van der Waals surface area (Å²) >= 11 is 5.94. The molecule has 2 N–H and O–H groups in total. The number of pyridine rings is 1. The molecule has 0 aliphatic rings. The molecule has 0 radical (unpaired) electrons. The standard InChI is InChI=1S/C19H17ClF3N5O/c1-11-6-12(2)24-10-16(11)26-18(29)25-9-15-8-17(19(21,22)23)27-28(15)14-5-3-4-13(20)7-14/h3-8,10H,9H2,1-2H3,(H2,25,26,29). The Kier molecular flexibility index (Phi) is 5.78. The number of benzene rings is 1. The molecule has 0 unspecified atom stereocenters. The van der Waals surface area contributed by atoms with E-state index in [4.69, 9.17) is 11.6 Å². The Balaban J connectivity index is 1.80. The molecular formula is C19H17ClF3N5O. The van der Waals surface area contributed by atoms with Gasteiger partial charge in [-0.15, -0.1) is 0 Å². The van der Waals surface area contributed by atoms with Crippen molar-refractivity contribution in [3.05, 3.63) is 70.3 Å². The summed E-state index contributed by atoms with van der Waals surface area (Å²) < 4.78 is 40.5. The molecule has 2 aromatic heterocycles. The van der Waals surface area contributed by atoms with E-state index in [0.29, 0.717) is 16.4 Å². The first-order valence-electron chi connectivity index (χ1n) is 8.53. The van der Waals surface area contributed by atoms with E-state index in [1.807, 2.05) is 13.8 Å². The van der Waals surface area contributed by atoms with Crippen molar-refractivity contribution in [2.45, 2.75) is 26.6 Å². The highest BCUT2D eigenvalue weighted by Crippen LogP contribution is 2.30. The number of anilines is 1. The van der Waals surface area contributed by atoms with Gasteiger partial charge in [0, 0.05) is 10.7 Å². The normalized spacial score (nSPS) is 11.4. The molecule has 0 aliphatic carbocycles. The molecule has 0 atom stereocenters. The van der Waals surface area contributed by atoms with E-state index in [1.165, 1.54) is 12.3 Å². The molecule has 3 aromatic rings. The molecule has 0 saturated carbocycles. The summed E-state index contributed by atoms with van der Waals surface area (Å²) in [5.41, 5.74) is 1.56. The third-order valence-electron chi connectivity index (χ3n) is 4.05. The number of urea groups is 1. The summed E-state index contributed by atoms with van der Waals surface area (Å²) in [6.45, 7) is 3.46. The third kappa shape index (κ3) is 5.05. The van der Waals surface area contributed by atoms with Crippen molar-refractivity contribution in [3.8, 4) is 5.69 Å². The topological polar surface area (TPSA) is 71.8 Å². The summed E-state index contributed by atoms with van der Waals surface area (Å²) in [4.78, 5) is 16.3. The third-order valence-corrected chi connectivity index (χ3v) is 4.29. The number of rotatable bonds is 4. The van der Waals surface area contributed by atoms with Crippen molar-refractivity contribution in [3.63, 3.8) is 0 Å². The second-order valence-corrected chi connectivity index (χ2v) is 6.80. The van der Waals surface area contributed by atoms with Crippen molar-refractivity contribution < 1.29 is 18.0 Å². The van der Waals surface area contributed by atoms with Crippen LogP contribution in [0.1, 0.15) is 22.6 Å². The van der Waals surface area contributed by atoms with E-state index in [2.05, 4.69) is 20.7 Å². The fourth-order valence-corrected chi connectivity index (χ4v) is 2.86. The van der Waals surface area contributed by atoms with Crippen LogP contribution in [-0.2, 0) is 12.7 Å². The van der Waals surface area contributed by atoms with E-state index in [-0.39, 0.29) is 12.2 Å². The molecule has 0 aliphatic heterocycles. The molecule has 3 rings (SSSR count). The smallest absolute Gasteiger partial charge is 0.332 e. The number of nitrogens with zero attached hydrogens (tertiary/aromatic N) is 3. The van der Waals surface area contributed by atoms with Crippen LogP contribution in [0.2, 0.25) is 5.02 Å². The largest absolute Gasteiger partial charge is 0.435 e. The summed E-state index contributed by atoms with van der Waals surface area (Å²) in [7, 11) is 0. The Hall–Kier alpha value is -3.07. The van der Waals surface area contributed by atoms with Gasteiger partial charge in [-0.05, 0) is 49.7 Å². The molecule has 0 fully saturated rings. The Bertz CT molecular complexity index is 1050. The van der Waals surface area contributed by atoms with Crippen molar-refractivity contribution >= 4 is 23.3 Å². The van der Waals surface area contributed by atoms with Crippen LogP contribution in [0.15, 0.2) is 42.6 Å². The number of aromatic nitrogens is 3. The average molecular weight is 424 g/mol. The van der Waals surface area contributed by atoms with Gasteiger partial charge in [-0.1, -0.05) is 17.7 Å². The van der Waals surface area contributed by atoms with Crippen LogP contribution in [0.5, 0.6) is 0 Å². The van der Waals surface area contributed by atoms with Gasteiger partial charge in [0.1, 0.15) is 0 Å². The number of hydrogen-bond acceptors (Lipinski definition) is 3. The monoisotopic (exact) mass is 423 g/mol. The maximum Gasteiger partial charge on any atom is 0.435 e. The summed E-state index contributed by atoms with van der Waals surface area (Å²) in [5.74, 6) is 0. The quantitative estimate of drug-likeness (QED) is 0.628. The summed E-state index contributed by atoms with van der Waals surface area (Å²) in [6.07, 6.45) is -3.10. The van der Waals surface area contributed by atoms with Crippen LogP contribution in [0, 0.1) is 13.8 Å². The lowest BCUT2D eigenvalue weighted by molar-refractivity contribution is -0.141. The summed E-state index contributed by atoms with van der Waals surface area (Å²) in [6, 6.07) is 8.38. The highest BCUT2D eigenvalue weighted by Gasteiger charge is 2.35. The zero-order valence-corrected chi connectivity index (χ0v) is 16.3. The van der Waals surface area contributed by atoms with E-state index in [9.17, 15) is 18.0 Å². The molecule has 152 valence electrons. The van der Waals surface area contributed by atoms with Crippen LogP contribution >= 0.6 is 11.6 Å². The number of alkyl halides is 3. The van der Waals surface area contributed by atoms with Gasteiger partial charge in [-0.2, -0.15) is 18.3 Å². The lowest BCUT2D eigenvalue weighted by Gasteiger charge is -2.11. The van der Waals surface area contributed by atoms with Gasteiger partial charge in [0.15, 0.2) is 5.69 Å². The fraction of sp³-hybridized carbons (Fsp3) is 0.211. The number of nitrogens with one attached hydrogen (secondary N) is 2. The van der Waals surface area contributed by atoms with E-state index in [1.54, 1.807) is 24.3 Å². The van der Waals surface area contributed by atoms with Crippen molar-refractivity contribution in [2.75, 3.05) is 5.32 Å². The van der Waals surface area contributed by atoms with Gasteiger partial charge in [0.05, 0.1) is 29.8 Å². The maximum atomic E-state index is 13.1. The first kappa shape index (κ1) is 20.7. The van der Waals surface area contributed by atoms with Gasteiger partial charge in [-0.25, -0.2) is 9.48 Å². The van der Waals surface area contributed by atoms with Crippen LogP contribution in [0.25, 0.3) is 5.69 Å². The molecular weight excluding hydrogens is 407 g/mol. The Morgan fingerprint density at radius 2 is 1.97 bits per heavy atom. The van der Waals surface area contributed by atoms with E-state index in [0.717, 1.165) is 22.0 Å². The molecule has 0 bridgehead atoms. The number of halogens is 4. The second kappa shape index (κ2) is 8.12. The molecule has 2 amide bonds. The lowest BCUT2D eigenvalue weighted by Crippen LogP contribution is -2.29. The summed E-state index contributed by atoms with van der Waals surface area (Å²) in [5, 5.41) is 9.15. The number of amides is 2. The van der Waals surface area contributed by atoms with Crippen molar-refractivity contribution in [1.82, 2.24) is 20.1 Å². The predicted octanol–water partition coefficient (Wildman–Crippen LogP) is 4.88. The van der Waals surface area contributed by atoms with Gasteiger partial charge < -0.3 is 10.6 Å². The van der Waals surface area contributed by atoms with Crippen LogP contribution < -0.4 is 10.6 Å². The van der Waals surface area contributed by atoms with E-state index >= 15 is 0 Å². The number of aryl methyl sites for hydroxylation is 2. The molecule has 1 aromatic carbocycles. The van der Waals surface area contributed by atoms with Crippen molar-refractivity contribution in [2.24, 2.45) is 0 Å². The zero-order valence-electron chi connectivity index (χ0n) is 15.5. The highest BCUT2D eigenvalue weighted by molar-refractivity contribution is 6.30. The highest BCUT2D eigenvalue weighted by atomic mass is 35.5. The van der Waals surface area contributed by atoms with Crippen LogP contribution in [0.4, 0.5) is 23.7 Å². The number of carbonyl (C=O) groups excluding carboxylic acids is 1. The van der Waals surface area contributed by atoms with Gasteiger partial charge in [-0.3, -0.25) is 4.98 Å². The fourth-order valence-electron chi connectivity index (χ4n) is 2.68. The van der Waals surface area contributed by atoms with Crippen LogP contribution in [-0.4, -0.2) is 20.8 Å². The van der Waals surface area contributed by atoms with Gasteiger partial charge in [0.2, 0.25) is 0 Å². The van der Waals surface area contributed by atoms with Crippen LogP contribution in [0.3, 0.4) is 0 Å². The Morgan fingerprint density at radius 3 is 2.62 bits per heavy atom. The van der Waals surface area contributed by atoms with E-state index < -0.39 is 17.9 Å². The minimum absolute atomic E-state index is 0.147.